The van der Waals surface area contributed by atoms with Crippen LogP contribution in [0.1, 0.15) is 27.7 Å². The standard InChI is InChI=1S/C20H18FN3O3/c1-24-19(12-6-9-14(26-2)15(10-12)27-3)16-17(22-23-18(16)20(24)25)11-4-7-13(21)8-5-11/h4-10,19H,1-3H3,(H,22,23)/t19-/m1/s1. The molecule has 1 aliphatic rings. The first-order chi connectivity index (χ1) is 13.0. The lowest BCUT2D eigenvalue weighted by atomic mass is 9.96. The predicted octanol–water partition coefficient (Wildman–Crippen LogP) is 3.41. The minimum Gasteiger partial charge on any atom is -0.493 e. The molecular formula is C20H18FN3O3. The predicted molar refractivity (Wildman–Crippen MR) is 97.5 cm³/mol. The van der Waals surface area contributed by atoms with Gasteiger partial charge >= 0.3 is 0 Å². The van der Waals surface area contributed by atoms with Crippen molar-refractivity contribution in [2.45, 2.75) is 6.04 Å². The monoisotopic (exact) mass is 367 g/mol. The summed E-state index contributed by atoms with van der Waals surface area (Å²) in [6.07, 6.45) is 0. The molecule has 1 N–H and O–H groups in total. The van der Waals surface area contributed by atoms with Gasteiger partial charge in [-0.3, -0.25) is 9.89 Å². The topological polar surface area (TPSA) is 67.5 Å². The Morgan fingerprint density at radius 2 is 1.78 bits per heavy atom. The van der Waals surface area contributed by atoms with Crippen molar-refractivity contribution < 1.29 is 18.7 Å². The van der Waals surface area contributed by atoms with Gasteiger partial charge < -0.3 is 14.4 Å². The summed E-state index contributed by atoms with van der Waals surface area (Å²) >= 11 is 0. The van der Waals surface area contributed by atoms with Crippen molar-refractivity contribution in [1.82, 2.24) is 15.1 Å². The number of nitrogens with zero attached hydrogens (tertiary/aromatic N) is 2. The van der Waals surface area contributed by atoms with E-state index in [1.807, 2.05) is 18.2 Å². The lowest BCUT2D eigenvalue weighted by molar-refractivity contribution is 0.0787. The zero-order valence-corrected chi connectivity index (χ0v) is 15.1. The molecule has 6 nitrogen and oxygen atoms in total. The number of nitrogens with one attached hydrogen (secondary N) is 1. The van der Waals surface area contributed by atoms with Crippen LogP contribution >= 0.6 is 0 Å². The number of benzene rings is 2. The zero-order valence-electron chi connectivity index (χ0n) is 15.1. The molecule has 0 radical (unpaired) electrons. The third-order valence-corrected chi connectivity index (χ3v) is 4.84. The molecule has 2 heterocycles. The summed E-state index contributed by atoms with van der Waals surface area (Å²) in [5.74, 6) is 0.719. The number of hydrogen-bond acceptors (Lipinski definition) is 4. The van der Waals surface area contributed by atoms with Crippen molar-refractivity contribution in [2.75, 3.05) is 21.3 Å². The van der Waals surface area contributed by atoms with Gasteiger partial charge in [0.05, 0.1) is 26.0 Å². The molecule has 0 unspecified atom stereocenters. The molecule has 7 heteroatoms. The molecule has 1 aromatic heterocycles. The van der Waals surface area contributed by atoms with Gasteiger partial charge in [0, 0.05) is 18.2 Å². The Morgan fingerprint density at radius 3 is 2.44 bits per heavy atom. The summed E-state index contributed by atoms with van der Waals surface area (Å²) in [4.78, 5) is 14.3. The average molecular weight is 367 g/mol. The van der Waals surface area contributed by atoms with Gasteiger partial charge in [-0.2, -0.15) is 5.10 Å². The second-order valence-corrected chi connectivity index (χ2v) is 6.30. The van der Waals surface area contributed by atoms with Gasteiger partial charge in [0.2, 0.25) is 0 Å². The molecule has 0 aliphatic carbocycles. The highest BCUT2D eigenvalue weighted by molar-refractivity contribution is 6.00. The largest absolute Gasteiger partial charge is 0.493 e. The van der Waals surface area contributed by atoms with Crippen LogP contribution in [0.3, 0.4) is 0 Å². The van der Waals surface area contributed by atoms with E-state index in [0.29, 0.717) is 22.9 Å². The third-order valence-electron chi connectivity index (χ3n) is 4.84. The molecule has 4 rings (SSSR count). The lowest BCUT2D eigenvalue weighted by Crippen LogP contribution is -2.24. The number of carbonyl (C=O) groups is 1. The van der Waals surface area contributed by atoms with Crippen LogP contribution < -0.4 is 9.47 Å². The molecule has 0 spiro atoms. The molecule has 1 aliphatic heterocycles. The molecule has 0 saturated carbocycles. The smallest absolute Gasteiger partial charge is 0.272 e. The van der Waals surface area contributed by atoms with Gasteiger partial charge in [-0.05, 0) is 42.0 Å². The van der Waals surface area contributed by atoms with E-state index in [9.17, 15) is 9.18 Å². The van der Waals surface area contributed by atoms with E-state index >= 15 is 0 Å². The number of amides is 1. The summed E-state index contributed by atoms with van der Waals surface area (Å²) in [5.41, 5.74) is 3.44. The number of halogens is 1. The van der Waals surface area contributed by atoms with Crippen LogP contribution in [-0.4, -0.2) is 42.3 Å². The summed E-state index contributed by atoms with van der Waals surface area (Å²) in [5, 5.41) is 7.16. The summed E-state index contributed by atoms with van der Waals surface area (Å²) < 4.78 is 24.0. The van der Waals surface area contributed by atoms with Crippen molar-refractivity contribution in [3.63, 3.8) is 0 Å². The van der Waals surface area contributed by atoms with Gasteiger partial charge in [0.1, 0.15) is 11.5 Å². The highest BCUT2D eigenvalue weighted by Crippen LogP contribution is 2.43. The number of H-pyrrole nitrogens is 1. The lowest BCUT2D eigenvalue weighted by Gasteiger charge is -2.23. The number of ether oxygens (including phenoxy) is 2. The van der Waals surface area contributed by atoms with Crippen LogP contribution in [-0.2, 0) is 0 Å². The number of methoxy groups -OCH3 is 2. The molecule has 27 heavy (non-hydrogen) atoms. The Kier molecular flexibility index (Phi) is 4.07. The maximum atomic E-state index is 13.3. The van der Waals surface area contributed by atoms with Crippen molar-refractivity contribution >= 4 is 5.91 Å². The van der Waals surface area contributed by atoms with Gasteiger partial charge in [-0.25, -0.2) is 4.39 Å². The van der Waals surface area contributed by atoms with Crippen LogP contribution in [0.4, 0.5) is 4.39 Å². The highest BCUT2D eigenvalue weighted by Gasteiger charge is 2.40. The first-order valence-electron chi connectivity index (χ1n) is 8.38. The first-order valence-corrected chi connectivity index (χ1v) is 8.38. The maximum absolute atomic E-state index is 13.3. The quantitative estimate of drug-likeness (QED) is 0.767. The van der Waals surface area contributed by atoms with E-state index in [2.05, 4.69) is 10.2 Å². The average Bonchev–Trinajstić information content (AvgIpc) is 3.21. The number of hydrogen-bond donors (Lipinski definition) is 1. The van der Waals surface area contributed by atoms with Crippen molar-refractivity contribution in [3.05, 3.63) is 65.1 Å². The number of rotatable bonds is 4. The van der Waals surface area contributed by atoms with Crippen molar-refractivity contribution in [3.8, 4) is 22.8 Å². The second-order valence-electron chi connectivity index (χ2n) is 6.30. The Labute approximate surface area is 155 Å². The van der Waals surface area contributed by atoms with Crippen molar-refractivity contribution in [2.24, 2.45) is 0 Å². The normalized spacial score (nSPS) is 15.8. The minimum absolute atomic E-state index is 0.148. The number of fused-ring (bicyclic) bond motifs is 1. The summed E-state index contributed by atoms with van der Waals surface area (Å²) in [7, 11) is 4.88. The fourth-order valence-corrected chi connectivity index (χ4v) is 3.51. The van der Waals surface area contributed by atoms with Gasteiger partial charge in [0.15, 0.2) is 11.5 Å². The Hall–Kier alpha value is -3.35. The zero-order chi connectivity index (χ0) is 19.1. The maximum Gasteiger partial charge on any atom is 0.272 e. The third kappa shape index (κ3) is 2.63. The van der Waals surface area contributed by atoms with Crippen LogP contribution in [0.25, 0.3) is 11.3 Å². The van der Waals surface area contributed by atoms with Crippen molar-refractivity contribution in [1.29, 1.82) is 0 Å². The molecule has 1 atom stereocenters. The van der Waals surface area contributed by atoms with Crippen LogP contribution in [0.2, 0.25) is 0 Å². The number of carbonyl (C=O) groups excluding carboxylic acids is 1. The SMILES string of the molecule is COc1ccc([C@@H]2c3c(-c4ccc(F)cc4)n[nH]c3C(=O)N2C)cc1OC. The summed E-state index contributed by atoms with van der Waals surface area (Å²) in [6, 6.07) is 11.3. The van der Waals surface area contributed by atoms with E-state index in [-0.39, 0.29) is 17.8 Å². The van der Waals surface area contributed by atoms with Crippen LogP contribution in [0, 0.1) is 5.82 Å². The number of aromatic amines is 1. The van der Waals surface area contributed by atoms with E-state index in [4.69, 9.17) is 9.47 Å². The molecule has 0 bridgehead atoms. The molecule has 1 amide bonds. The fraction of sp³-hybridized carbons (Fsp3) is 0.200. The summed E-state index contributed by atoms with van der Waals surface area (Å²) in [6.45, 7) is 0. The Bertz CT molecular complexity index is 1010. The molecule has 138 valence electrons. The molecule has 0 fully saturated rings. The Balaban J connectivity index is 1.86. The van der Waals surface area contributed by atoms with Gasteiger partial charge in [-0.15, -0.1) is 0 Å². The first kappa shape index (κ1) is 17.1. The second kappa shape index (κ2) is 6.42. The molecule has 2 aromatic carbocycles. The van der Waals surface area contributed by atoms with E-state index in [0.717, 1.165) is 16.7 Å². The van der Waals surface area contributed by atoms with E-state index in [1.54, 1.807) is 38.3 Å². The van der Waals surface area contributed by atoms with E-state index < -0.39 is 0 Å². The molecule has 3 aromatic rings. The minimum atomic E-state index is -0.342. The highest BCUT2D eigenvalue weighted by atomic mass is 19.1. The number of aromatic nitrogens is 2. The molecule has 0 saturated heterocycles. The van der Waals surface area contributed by atoms with Gasteiger partial charge in [0.25, 0.3) is 5.91 Å². The van der Waals surface area contributed by atoms with Crippen LogP contribution in [0.5, 0.6) is 11.5 Å². The fourth-order valence-electron chi connectivity index (χ4n) is 3.51. The van der Waals surface area contributed by atoms with E-state index in [1.165, 1.54) is 12.1 Å². The van der Waals surface area contributed by atoms with Crippen LogP contribution in [0.15, 0.2) is 42.5 Å². The van der Waals surface area contributed by atoms with Gasteiger partial charge in [-0.1, -0.05) is 6.07 Å². The Morgan fingerprint density at radius 1 is 1.07 bits per heavy atom. The molecular weight excluding hydrogens is 349 g/mol.